The summed E-state index contributed by atoms with van der Waals surface area (Å²) in [5, 5.41) is 3.04. The van der Waals surface area contributed by atoms with Crippen LogP contribution in [0, 0.1) is 11.7 Å². The molecule has 0 aliphatic carbocycles. The smallest absolute Gasteiger partial charge is 0.257 e. The second kappa shape index (κ2) is 7.81. The first-order valence-corrected chi connectivity index (χ1v) is 11.6. The minimum Gasteiger partial charge on any atom is -0.298 e. The van der Waals surface area contributed by atoms with Crippen molar-refractivity contribution in [1.29, 1.82) is 0 Å². The maximum Gasteiger partial charge on any atom is 0.257 e. The number of anilines is 1. The zero-order valence-electron chi connectivity index (χ0n) is 15.8. The van der Waals surface area contributed by atoms with E-state index in [2.05, 4.69) is 17.2 Å². The third kappa shape index (κ3) is 4.17. The Morgan fingerprint density at radius 3 is 2.55 bits per heavy atom. The van der Waals surface area contributed by atoms with Crippen molar-refractivity contribution in [3.8, 4) is 0 Å². The van der Waals surface area contributed by atoms with E-state index in [9.17, 15) is 17.6 Å². The van der Waals surface area contributed by atoms with Gasteiger partial charge in [-0.15, -0.1) is 0 Å². The number of rotatable bonds is 4. The molecule has 0 bridgehead atoms. The van der Waals surface area contributed by atoms with Crippen LogP contribution in [0.4, 0.5) is 9.52 Å². The number of carbonyl (C=O) groups excluding carboxylic acids is 1. The Morgan fingerprint density at radius 2 is 1.86 bits per heavy atom. The maximum atomic E-state index is 13.3. The first-order chi connectivity index (χ1) is 13.8. The molecule has 29 heavy (non-hydrogen) atoms. The number of nitrogens with one attached hydrogen (secondary N) is 1. The number of piperidine rings is 1. The molecule has 1 amide bonds. The van der Waals surface area contributed by atoms with Crippen LogP contribution in [0.25, 0.3) is 10.2 Å². The summed E-state index contributed by atoms with van der Waals surface area (Å²) in [6.45, 7) is 3.16. The molecule has 0 unspecified atom stereocenters. The van der Waals surface area contributed by atoms with E-state index in [4.69, 9.17) is 0 Å². The highest BCUT2D eigenvalue weighted by Gasteiger charge is 2.28. The van der Waals surface area contributed by atoms with Crippen LogP contribution in [0.2, 0.25) is 0 Å². The van der Waals surface area contributed by atoms with Crippen molar-refractivity contribution in [2.45, 2.75) is 24.7 Å². The Kier molecular flexibility index (Phi) is 5.37. The number of carbonyl (C=O) groups is 1. The first kappa shape index (κ1) is 19.9. The van der Waals surface area contributed by atoms with E-state index >= 15 is 0 Å². The first-order valence-electron chi connectivity index (χ1n) is 9.30. The molecule has 0 radical (unpaired) electrons. The van der Waals surface area contributed by atoms with Crippen molar-refractivity contribution in [3.63, 3.8) is 0 Å². The van der Waals surface area contributed by atoms with Crippen LogP contribution in [0.3, 0.4) is 0 Å². The molecule has 3 aromatic rings. The molecule has 6 nitrogen and oxygen atoms in total. The lowest BCUT2D eigenvalue weighted by atomic mass is 10.0. The highest BCUT2D eigenvalue weighted by atomic mass is 32.2. The average molecular weight is 434 g/mol. The summed E-state index contributed by atoms with van der Waals surface area (Å²) in [5.41, 5.74) is 0.922. The minimum atomic E-state index is -3.55. The molecule has 1 N–H and O–H groups in total. The Labute approximate surface area is 172 Å². The monoisotopic (exact) mass is 433 g/mol. The van der Waals surface area contributed by atoms with Gasteiger partial charge in [0.25, 0.3) is 5.91 Å². The van der Waals surface area contributed by atoms with Crippen molar-refractivity contribution >= 4 is 42.6 Å². The summed E-state index contributed by atoms with van der Waals surface area (Å²) in [6, 6.07) is 10.1. The molecule has 0 atom stereocenters. The number of nitrogens with zero attached hydrogens (tertiary/aromatic N) is 2. The van der Waals surface area contributed by atoms with Crippen molar-refractivity contribution in [2.75, 3.05) is 18.4 Å². The molecule has 0 spiro atoms. The topological polar surface area (TPSA) is 79.4 Å². The largest absolute Gasteiger partial charge is 0.298 e. The lowest BCUT2D eigenvalue weighted by Crippen LogP contribution is -2.37. The van der Waals surface area contributed by atoms with E-state index in [0.717, 1.165) is 12.8 Å². The molecule has 2 heterocycles. The molecular formula is C20H20FN3O3S2. The van der Waals surface area contributed by atoms with Gasteiger partial charge in [0.15, 0.2) is 5.13 Å². The normalized spacial score (nSPS) is 16.2. The van der Waals surface area contributed by atoms with E-state index in [0.29, 0.717) is 39.9 Å². The number of halogens is 1. The standard InChI is InChI=1S/C20H20FN3O3S2/c1-13-8-10-24(11-9-13)29(26,27)16-5-2-14(3-6-16)19(25)23-20-22-17-7-4-15(21)12-18(17)28-20/h2-7,12-13H,8-11H2,1H3,(H,22,23,25). The number of fused-ring (bicyclic) bond motifs is 1. The van der Waals surface area contributed by atoms with Crippen LogP contribution in [-0.4, -0.2) is 36.7 Å². The zero-order valence-corrected chi connectivity index (χ0v) is 17.4. The SMILES string of the molecule is CC1CCN(S(=O)(=O)c2ccc(C(=O)Nc3nc4ccc(F)cc4s3)cc2)CC1. The molecule has 4 rings (SSSR count). The molecule has 1 aliphatic heterocycles. The maximum absolute atomic E-state index is 13.3. The number of amides is 1. The summed E-state index contributed by atoms with van der Waals surface area (Å²) in [6.07, 6.45) is 1.71. The summed E-state index contributed by atoms with van der Waals surface area (Å²) >= 11 is 1.18. The summed E-state index contributed by atoms with van der Waals surface area (Å²) in [4.78, 5) is 16.9. The van der Waals surface area contributed by atoms with E-state index in [1.165, 1.54) is 52.0 Å². The Bertz CT molecular complexity index is 1150. The van der Waals surface area contributed by atoms with E-state index in [-0.39, 0.29) is 10.7 Å². The Balaban J connectivity index is 1.48. The molecule has 9 heteroatoms. The van der Waals surface area contributed by atoms with Crippen LogP contribution < -0.4 is 5.32 Å². The molecule has 152 valence electrons. The second-order valence-electron chi connectivity index (χ2n) is 7.20. The Morgan fingerprint density at radius 1 is 1.17 bits per heavy atom. The average Bonchev–Trinajstić information content (AvgIpc) is 3.09. The van der Waals surface area contributed by atoms with Crippen LogP contribution in [-0.2, 0) is 10.0 Å². The lowest BCUT2D eigenvalue weighted by Gasteiger charge is -2.29. The third-order valence-corrected chi connectivity index (χ3v) is 7.91. The second-order valence-corrected chi connectivity index (χ2v) is 10.2. The van der Waals surface area contributed by atoms with Gasteiger partial charge in [0.05, 0.1) is 15.1 Å². The van der Waals surface area contributed by atoms with E-state index in [1.54, 1.807) is 6.07 Å². The highest BCUT2D eigenvalue weighted by molar-refractivity contribution is 7.89. The van der Waals surface area contributed by atoms with Gasteiger partial charge in [0.2, 0.25) is 10.0 Å². The van der Waals surface area contributed by atoms with Crippen LogP contribution in [0.5, 0.6) is 0 Å². The molecule has 1 saturated heterocycles. The fraction of sp³-hybridized carbons (Fsp3) is 0.300. The van der Waals surface area contributed by atoms with E-state index in [1.807, 2.05) is 0 Å². The van der Waals surface area contributed by atoms with Gasteiger partial charge in [-0.2, -0.15) is 4.31 Å². The predicted octanol–water partition coefficient (Wildman–Crippen LogP) is 4.11. The number of aromatic nitrogens is 1. The Hall–Kier alpha value is -2.36. The zero-order chi connectivity index (χ0) is 20.6. The molecule has 1 aromatic heterocycles. The number of benzene rings is 2. The predicted molar refractivity (Wildman–Crippen MR) is 111 cm³/mol. The van der Waals surface area contributed by atoms with Gasteiger partial charge in [0.1, 0.15) is 5.82 Å². The molecule has 0 saturated carbocycles. The van der Waals surface area contributed by atoms with Crippen molar-refractivity contribution in [1.82, 2.24) is 9.29 Å². The minimum absolute atomic E-state index is 0.180. The van der Waals surface area contributed by atoms with Crippen molar-refractivity contribution in [2.24, 2.45) is 5.92 Å². The number of hydrogen-bond acceptors (Lipinski definition) is 5. The van der Waals surface area contributed by atoms with Crippen molar-refractivity contribution in [3.05, 3.63) is 53.8 Å². The van der Waals surface area contributed by atoms with Gasteiger partial charge in [0, 0.05) is 18.7 Å². The van der Waals surface area contributed by atoms with Crippen LogP contribution >= 0.6 is 11.3 Å². The third-order valence-electron chi connectivity index (χ3n) is 5.07. The van der Waals surface area contributed by atoms with Gasteiger partial charge < -0.3 is 0 Å². The molecule has 1 aliphatic rings. The van der Waals surface area contributed by atoms with Gasteiger partial charge in [-0.25, -0.2) is 17.8 Å². The van der Waals surface area contributed by atoms with Crippen LogP contribution in [0.15, 0.2) is 47.4 Å². The fourth-order valence-corrected chi connectivity index (χ4v) is 5.63. The molecular weight excluding hydrogens is 413 g/mol. The van der Waals surface area contributed by atoms with Crippen LogP contribution in [0.1, 0.15) is 30.1 Å². The van der Waals surface area contributed by atoms with Gasteiger partial charge in [-0.1, -0.05) is 18.3 Å². The number of thiazole rings is 1. The van der Waals surface area contributed by atoms with Gasteiger partial charge in [-0.05, 0) is 61.2 Å². The van der Waals surface area contributed by atoms with E-state index < -0.39 is 15.9 Å². The summed E-state index contributed by atoms with van der Waals surface area (Å²) in [5.74, 6) is -0.231. The van der Waals surface area contributed by atoms with Gasteiger partial charge in [-0.3, -0.25) is 10.1 Å². The summed E-state index contributed by atoms with van der Waals surface area (Å²) < 4.78 is 41.0. The quantitative estimate of drug-likeness (QED) is 0.672. The molecule has 1 fully saturated rings. The number of hydrogen-bond donors (Lipinski definition) is 1. The molecule has 2 aromatic carbocycles. The summed E-state index contributed by atoms with van der Waals surface area (Å²) in [7, 11) is -3.55. The lowest BCUT2D eigenvalue weighted by molar-refractivity contribution is 0.102. The highest BCUT2D eigenvalue weighted by Crippen LogP contribution is 2.27. The number of sulfonamides is 1. The van der Waals surface area contributed by atoms with Crippen molar-refractivity contribution < 1.29 is 17.6 Å². The van der Waals surface area contributed by atoms with Gasteiger partial charge >= 0.3 is 0 Å². The fourth-order valence-electron chi connectivity index (χ4n) is 3.27.